The third-order valence-corrected chi connectivity index (χ3v) is 11.5. The Morgan fingerprint density at radius 3 is 2.12 bits per heavy atom. The number of imidazole rings is 1. The van der Waals surface area contributed by atoms with E-state index in [4.69, 9.17) is 15.2 Å². The van der Waals surface area contributed by atoms with Crippen LogP contribution < -0.4 is 10.5 Å². The quantitative estimate of drug-likeness (QED) is 0.125. The number of hydrogen-bond acceptors (Lipinski definition) is 9. The molecule has 1 aromatic carbocycles. The Bertz CT molecular complexity index is 1400. The lowest BCUT2D eigenvalue weighted by molar-refractivity contribution is -0.108. The summed E-state index contributed by atoms with van der Waals surface area (Å²) in [5.41, 5.74) is 3.02. The number of rotatable bonds is 13. The fourth-order valence-corrected chi connectivity index (χ4v) is 9.18. The molecule has 0 saturated heterocycles. The smallest absolute Gasteiger partial charge is 0.398 e. The molecule has 0 aliphatic carbocycles. The summed E-state index contributed by atoms with van der Waals surface area (Å²) in [6.45, 7) is 1.28. The molecule has 4 N–H and O–H groups in total. The molecule has 41 heavy (non-hydrogen) atoms. The molecule has 0 bridgehead atoms. The van der Waals surface area contributed by atoms with Crippen molar-refractivity contribution in [2.24, 2.45) is 0 Å². The first-order valence-electron chi connectivity index (χ1n) is 11.7. The Kier molecular flexibility index (Phi) is 10.4. The minimum Gasteiger partial charge on any atom is -0.494 e. The molecule has 0 amide bonds. The van der Waals surface area contributed by atoms with Gasteiger partial charge in [-0.3, -0.25) is 9.13 Å². The van der Waals surface area contributed by atoms with Crippen LogP contribution in [0, 0.1) is 0 Å². The van der Waals surface area contributed by atoms with Crippen molar-refractivity contribution < 1.29 is 54.7 Å². The molecule has 2 unspecified atom stereocenters. The minimum absolute atomic E-state index is 0.105. The van der Waals surface area contributed by atoms with Crippen LogP contribution in [-0.4, -0.2) is 72.8 Å². The molecule has 0 saturated carbocycles. The molecule has 3 rings (SSSR count). The van der Waals surface area contributed by atoms with E-state index in [0.717, 1.165) is 11.3 Å². The van der Waals surface area contributed by atoms with Gasteiger partial charge in [0.1, 0.15) is 28.6 Å². The Balaban J connectivity index is 1.81. The van der Waals surface area contributed by atoms with E-state index >= 15 is 0 Å². The second kappa shape index (κ2) is 12.9. The average molecular weight is 651 g/mol. The van der Waals surface area contributed by atoms with E-state index in [1.165, 1.54) is 22.7 Å². The maximum Gasteiger partial charge on any atom is 0.398 e. The van der Waals surface area contributed by atoms with Crippen LogP contribution in [0.3, 0.4) is 0 Å². The third kappa shape index (κ3) is 9.58. The summed E-state index contributed by atoms with van der Waals surface area (Å²) in [4.78, 5) is 32.9. The summed E-state index contributed by atoms with van der Waals surface area (Å²) in [7, 11) is -11.6. The molecule has 20 heteroatoms. The highest BCUT2D eigenvalue weighted by Gasteiger charge is 2.54. The molecule has 0 spiro atoms. The lowest BCUT2D eigenvalue weighted by Gasteiger charge is -2.28. The van der Waals surface area contributed by atoms with Crippen LogP contribution >= 0.6 is 26.5 Å². The summed E-state index contributed by atoms with van der Waals surface area (Å²) in [5, 5.41) is 0.322. The van der Waals surface area contributed by atoms with Gasteiger partial charge in [-0.1, -0.05) is 18.7 Å². The Labute approximate surface area is 233 Å². The highest BCUT2D eigenvalue weighted by Crippen LogP contribution is 2.67. The number of aromatic nitrogens is 4. The van der Waals surface area contributed by atoms with E-state index < -0.39 is 58.2 Å². The van der Waals surface area contributed by atoms with Gasteiger partial charge in [-0.05, 0) is 30.7 Å². The van der Waals surface area contributed by atoms with Crippen LogP contribution in [0.4, 0.5) is 32.3 Å². The van der Waals surface area contributed by atoms with Crippen LogP contribution in [0.1, 0.15) is 13.3 Å². The second-order valence-electron chi connectivity index (χ2n) is 8.67. The van der Waals surface area contributed by atoms with Crippen molar-refractivity contribution in [3.63, 3.8) is 0 Å². The van der Waals surface area contributed by atoms with Crippen molar-refractivity contribution in [3.8, 4) is 5.75 Å². The van der Waals surface area contributed by atoms with Crippen LogP contribution in [0.25, 0.3) is 11.2 Å². The van der Waals surface area contributed by atoms with E-state index in [2.05, 4.69) is 15.0 Å². The predicted octanol–water partition coefficient (Wildman–Crippen LogP) is 5.31. The van der Waals surface area contributed by atoms with Crippen molar-refractivity contribution in [2.75, 3.05) is 31.3 Å². The molecular formula is C21H25F6N5O6P2S. The molecule has 11 nitrogen and oxygen atoms in total. The van der Waals surface area contributed by atoms with Crippen LogP contribution in [0.15, 0.2) is 40.5 Å². The van der Waals surface area contributed by atoms with E-state index in [-0.39, 0.29) is 17.1 Å². The molecule has 0 fully saturated rings. The van der Waals surface area contributed by atoms with E-state index in [9.17, 15) is 45.3 Å². The highest BCUT2D eigenvalue weighted by molar-refractivity contribution is 7.99. The van der Waals surface area contributed by atoms with Gasteiger partial charge in [0, 0.05) is 11.4 Å². The fourth-order valence-electron chi connectivity index (χ4n) is 3.55. The molecule has 2 heterocycles. The van der Waals surface area contributed by atoms with Gasteiger partial charge in [-0.2, -0.15) is 31.3 Å². The zero-order valence-electron chi connectivity index (χ0n) is 21.2. The molecule has 228 valence electrons. The number of hydrogen-bond donors (Lipinski definition) is 3. The predicted molar refractivity (Wildman–Crippen MR) is 137 cm³/mol. The SMILES string of the molecule is CCCOc1ccc(Sc2nc(N)nc3c2ncn3CCOC(P(=O)(O)CC(F)(F)F)P(=O)(O)CC(F)(F)F)cc1. The summed E-state index contributed by atoms with van der Waals surface area (Å²) in [5.74, 6) is 0.481. The lowest BCUT2D eigenvalue weighted by atomic mass is 10.3. The molecule has 0 radical (unpaired) electrons. The largest absolute Gasteiger partial charge is 0.494 e. The van der Waals surface area contributed by atoms with Gasteiger partial charge in [0.05, 0.1) is 19.5 Å². The Morgan fingerprint density at radius 1 is 1.00 bits per heavy atom. The van der Waals surface area contributed by atoms with Gasteiger partial charge in [0.2, 0.25) is 26.3 Å². The third-order valence-electron chi connectivity index (χ3n) is 5.06. The topological polar surface area (TPSA) is 163 Å². The first-order valence-corrected chi connectivity index (χ1v) is 16.3. The van der Waals surface area contributed by atoms with Gasteiger partial charge < -0.3 is 29.6 Å². The monoisotopic (exact) mass is 651 g/mol. The van der Waals surface area contributed by atoms with Gasteiger partial charge in [-0.25, -0.2) is 9.97 Å². The van der Waals surface area contributed by atoms with E-state index in [1.807, 2.05) is 6.92 Å². The van der Waals surface area contributed by atoms with E-state index in [1.54, 1.807) is 24.3 Å². The van der Waals surface area contributed by atoms with Crippen molar-refractivity contribution in [3.05, 3.63) is 30.6 Å². The van der Waals surface area contributed by atoms with Crippen molar-refractivity contribution >= 4 is 43.6 Å². The van der Waals surface area contributed by atoms with Crippen LogP contribution in [-0.2, 0) is 20.4 Å². The molecule has 0 aliphatic heterocycles. The molecule has 2 atom stereocenters. The van der Waals surface area contributed by atoms with Gasteiger partial charge in [-0.15, -0.1) is 0 Å². The number of nitrogen functional groups attached to an aromatic ring is 1. The Hall–Kier alpha value is -2.36. The zero-order valence-corrected chi connectivity index (χ0v) is 23.8. The normalized spacial score (nSPS) is 16.3. The van der Waals surface area contributed by atoms with Crippen LogP contribution in [0.5, 0.6) is 5.75 Å². The van der Waals surface area contributed by atoms with Crippen LogP contribution in [0.2, 0.25) is 0 Å². The summed E-state index contributed by atoms with van der Waals surface area (Å²) in [6.07, 6.45) is -13.6. The molecule has 3 aromatic rings. The average Bonchev–Trinajstić information content (AvgIpc) is 3.20. The number of benzene rings is 1. The second-order valence-corrected chi connectivity index (χ2v) is 14.7. The standard InChI is InChI=1S/C21H25F6N5O6P2S/c1-2-8-37-13-3-5-14(6-4-13)41-17-15-16(30-18(28)31-17)32(12-29-15)7-9-38-19(39(33,34)10-20(22,23)24)40(35,36)11-21(25,26)27/h3-6,12,19H,2,7-11H2,1H3,(H,33,34)(H,35,36)(H2,28,30,31). The van der Waals surface area contributed by atoms with Gasteiger partial charge in [0.25, 0.3) is 0 Å². The minimum atomic E-state index is -5.79. The van der Waals surface area contributed by atoms with E-state index in [0.29, 0.717) is 17.4 Å². The fraction of sp³-hybridized carbons (Fsp3) is 0.476. The summed E-state index contributed by atoms with van der Waals surface area (Å²) >= 11 is 1.18. The number of halogens is 6. The maximum absolute atomic E-state index is 12.8. The highest BCUT2D eigenvalue weighted by atomic mass is 32.2. The van der Waals surface area contributed by atoms with Crippen molar-refractivity contribution in [2.45, 2.75) is 47.7 Å². The first kappa shape index (κ1) is 33.1. The number of fused-ring (bicyclic) bond motifs is 1. The molecule has 0 aliphatic rings. The number of nitrogens with two attached hydrogens (primary N) is 1. The van der Waals surface area contributed by atoms with Gasteiger partial charge >= 0.3 is 12.4 Å². The summed E-state index contributed by atoms with van der Waals surface area (Å²) < 4.78 is 113. The first-order chi connectivity index (χ1) is 18.9. The number of alkyl halides is 6. The summed E-state index contributed by atoms with van der Waals surface area (Å²) in [6, 6.07) is 7.05. The maximum atomic E-state index is 12.8. The van der Waals surface area contributed by atoms with Gasteiger partial charge in [0.15, 0.2) is 5.65 Å². The van der Waals surface area contributed by atoms with Crippen molar-refractivity contribution in [1.82, 2.24) is 19.5 Å². The number of anilines is 1. The molecule has 2 aromatic heterocycles. The zero-order chi connectivity index (χ0) is 30.6. The Morgan fingerprint density at radius 2 is 1.59 bits per heavy atom. The van der Waals surface area contributed by atoms with Crippen molar-refractivity contribution in [1.29, 1.82) is 0 Å². The number of nitrogens with zero attached hydrogens (tertiary/aromatic N) is 4. The molecular weight excluding hydrogens is 626 g/mol. The number of ether oxygens (including phenoxy) is 2. The lowest BCUT2D eigenvalue weighted by Crippen LogP contribution is -2.27.